The van der Waals surface area contributed by atoms with Crippen molar-refractivity contribution in [3.63, 3.8) is 0 Å². The van der Waals surface area contributed by atoms with E-state index in [0.29, 0.717) is 15.7 Å². The molecular formula is C20H14Cl2N2OS. The lowest BCUT2D eigenvalue weighted by Crippen LogP contribution is -2.32. The first-order valence-electron chi connectivity index (χ1n) is 7.76. The lowest BCUT2D eigenvalue weighted by molar-refractivity contribution is -0.115. The van der Waals surface area contributed by atoms with Gasteiger partial charge in [0.1, 0.15) is 0 Å². The molecule has 0 saturated heterocycles. The number of hydrogen-bond acceptors (Lipinski definition) is 2. The van der Waals surface area contributed by atoms with E-state index in [-0.39, 0.29) is 11.0 Å². The van der Waals surface area contributed by atoms with Gasteiger partial charge in [0.25, 0.3) is 0 Å². The summed E-state index contributed by atoms with van der Waals surface area (Å²) in [6.07, 6.45) is 3.20. The molecule has 0 fully saturated rings. The molecular weight excluding hydrogens is 387 g/mol. The number of amides is 1. The Kier molecular flexibility index (Phi) is 5.89. The fraction of sp³-hybridized carbons (Fsp3) is 0. The van der Waals surface area contributed by atoms with Crippen LogP contribution in [0, 0.1) is 0 Å². The molecule has 0 spiro atoms. The highest BCUT2D eigenvalue weighted by molar-refractivity contribution is 7.80. The highest BCUT2D eigenvalue weighted by Crippen LogP contribution is 2.25. The molecule has 0 bridgehead atoms. The maximum absolute atomic E-state index is 12.1. The van der Waals surface area contributed by atoms with Gasteiger partial charge in [0, 0.05) is 11.1 Å². The lowest BCUT2D eigenvalue weighted by Gasteiger charge is -2.10. The van der Waals surface area contributed by atoms with Gasteiger partial charge in [-0.3, -0.25) is 10.1 Å². The average Bonchev–Trinajstić information content (AvgIpc) is 2.63. The van der Waals surface area contributed by atoms with E-state index >= 15 is 0 Å². The third-order valence-corrected chi connectivity index (χ3v) is 4.42. The van der Waals surface area contributed by atoms with Crippen molar-refractivity contribution in [1.82, 2.24) is 5.32 Å². The number of rotatable bonds is 3. The van der Waals surface area contributed by atoms with Gasteiger partial charge in [0.15, 0.2) is 5.11 Å². The predicted molar refractivity (Wildman–Crippen MR) is 114 cm³/mol. The maximum atomic E-state index is 12.1. The normalized spacial score (nSPS) is 10.8. The van der Waals surface area contributed by atoms with Crippen molar-refractivity contribution < 1.29 is 4.79 Å². The molecule has 2 N–H and O–H groups in total. The van der Waals surface area contributed by atoms with E-state index in [1.807, 2.05) is 42.5 Å². The minimum Gasteiger partial charge on any atom is -0.331 e. The Morgan fingerprint density at radius 1 is 1.00 bits per heavy atom. The average molecular weight is 401 g/mol. The smallest absolute Gasteiger partial charge is 0.250 e. The van der Waals surface area contributed by atoms with Gasteiger partial charge in [0.05, 0.1) is 10.7 Å². The van der Waals surface area contributed by atoms with Crippen molar-refractivity contribution in [2.24, 2.45) is 0 Å². The second-order valence-corrected chi connectivity index (χ2v) is 6.72. The second-order valence-electron chi connectivity index (χ2n) is 5.47. The SMILES string of the molecule is O=C(/C=C/c1cccc2ccccc12)NC(=S)Nc1cc(Cl)ccc1Cl. The zero-order valence-electron chi connectivity index (χ0n) is 13.5. The van der Waals surface area contributed by atoms with Crippen molar-refractivity contribution in [2.75, 3.05) is 5.32 Å². The summed E-state index contributed by atoms with van der Waals surface area (Å²) in [5.41, 5.74) is 1.48. The lowest BCUT2D eigenvalue weighted by atomic mass is 10.0. The fourth-order valence-electron chi connectivity index (χ4n) is 2.46. The van der Waals surface area contributed by atoms with Crippen LogP contribution in [0.4, 0.5) is 5.69 Å². The summed E-state index contributed by atoms with van der Waals surface area (Å²) in [7, 11) is 0. The molecule has 3 aromatic carbocycles. The van der Waals surface area contributed by atoms with E-state index in [9.17, 15) is 4.79 Å². The van der Waals surface area contributed by atoms with Crippen LogP contribution in [0.15, 0.2) is 66.7 Å². The molecule has 6 heteroatoms. The van der Waals surface area contributed by atoms with E-state index in [1.165, 1.54) is 6.08 Å². The number of hydrogen-bond donors (Lipinski definition) is 2. The van der Waals surface area contributed by atoms with Gasteiger partial charge in [-0.05, 0) is 52.8 Å². The van der Waals surface area contributed by atoms with Crippen LogP contribution in [-0.2, 0) is 4.79 Å². The molecule has 130 valence electrons. The van der Waals surface area contributed by atoms with Crippen LogP contribution in [0.2, 0.25) is 10.0 Å². The van der Waals surface area contributed by atoms with Crippen LogP contribution >= 0.6 is 35.4 Å². The van der Waals surface area contributed by atoms with Crippen molar-refractivity contribution in [1.29, 1.82) is 0 Å². The molecule has 0 saturated carbocycles. The van der Waals surface area contributed by atoms with Crippen LogP contribution in [0.3, 0.4) is 0 Å². The highest BCUT2D eigenvalue weighted by Gasteiger charge is 2.06. The number of anilines is 1. The Balaban J connectivity index is 1.67. The monoisotopic (exact) mass is 400 g/mol. The zero-order chi connectivity index (χ0) is 18.5. The van der Waals surface area contributed by atoms with Gasteiger partial charge in [0.2, 0.25) is 5.91 Å². The number of thiocarbonyl (C=S) groups is 1. The Bertz CT molecular complexity index is 1010. The standard InChI is InChI=1S/C20H14Cl2N2OS/c21-15-9-10-17(22)18(12-15)23-20(26)24-19(25)11-8-14-6-3-5-13-4-1-2-7-16(13)14/h1-12H,(H2,23,24,25,26)/b11-8+. The summed E-state index contributed by atoms with van der Waals surface area (Å²) in [6.45, 7) is 0. The van der Waals surface area contributed by atoms with Gasteiger partial charge in [-0.15, -0.1) is 0 Å². The van der Waals surface area contributed by atoms with Crippen LogP contribution in [0.1, 0.15) is 5.56 Å². The van der Waals surface area contributed by atoms with Gasteiger partial charge in [-0.1, -0.05) is 65.7 Å². The van der Waals surface area contributed by atoms with Crippen molar-refractivity contribution in [3.8, 4) is 0 Å². The number of carbonyl (C=O) groups is 1. The number of benzene rings is 3. The predicted octanol–water partition coefficient (Wildman–Crippen LogP) is 5.67. The zero-order valence-corrected chi connectivity index (χ0v) is 15.8. The van der Waals surface area contributed by atoms with Gasteiger partial charge in [-0.2, -0.15) is 0 Å². The first-order valence-corrected chi connectivity index (χ1v) is 8.92. The molecule has 3 rings (SSSR count). The third kappa shape index (κ3) is 4.61. The molecule has 0 aromatic heterocycles. The molecule has 0 radical (unpaired) electrons. The Morgan fingerprint density at radius 2 is 1.77 bits per heavy atom. The molecule has 3 nitrogen and oxygen atoms in total. The molecule has 0 aliphatic carbocycles. The van der Waals surface area contributed by atoms with Crippen molar-refractivity contribution in [2.45, 2.75) is 0 Å². The van der Waals surface area contributed by atoms with Crippen LogP contribution in [0.25, 0.3) is 16.8 Å². The first-order chi connectivity index (χ1) is 12.5. The third-order valence-electron chi connectivity index (χ3n) is 3.65. The maximum Gasteiger partial charge on any atom is 0.250 e. The molecule has 0 atom stereocenters. The number of fused-ring (bicyclic) bond motifs is 1. The molecule has 3 aromatic rings. The second kappa shape index (κ2) is 8.32. The van der Waals surface area contributed by atoms with Gasteiger partial charge >= 0.3 is 0 Å². The fourth-order valence-corrected chi connectivity index (χ4v) is 3.01. The number of nitrogens with one attached hydrogen (secondary N) is 2. The summed E-state index contributed by atoms with van der Waals surface area (Å²) in [5.74, 6) is -0.339. The number of halogens is 2. The largest absolute Gasteiger partial charge is 0.331 e. The number of carbonyl (C=O) groups excluding carboxylic acids is 1. The van der Waals surface area contributed by atoms with Crippen molar-refractivity contribution in [3.05, 3.63) is 82.3 Å². The van der Waals surface area contributed by atoms with Crippen LogP contribution in [-0.4, -0.2) is 11.0 Å². The summed E-state index contributed by atoms with van der Waals surface area (Å²) in [4.78, 5) is 12.1. The minimum absolute atomic E-state index is 0.140. The van der Waals surface area contributed by atoms with Gasteiger partial charge < -0.3 is 5.32 Å². The molecule has 0 aliphatic rings. The summed E-state index contributed by atoms with van der Waals surface area (Å²) in [5, 5.41) is 8.75. The molecule has 0 aliphatic heterocycles. The topological polar surface area (TPSA) is 41.1 Å². The molecule has 0 unspecified atom stereocenters. The van der Waals surface area contributed by atoms with Crippen LogP contribution < -0.4 is 10.6 Å². The van der Waals surface area contributed by atoms with E-state index in [0.717, 1.165) is 16.3 Å². The van der Waals surface area contributed by atoms with E-state index in [1.54, 1.807) is 24.3 Å². The Hall–Kier alpha value is -2.40. The molecule has 0 heterocycles. The van der Waals surface area contributed by atoms with Gasteiger partial charge in [-0.25, -0.2) is 0 Å². The van der Waals surface area contributed by atoms with E-state index in [4.69, 9.17) is 35.4 Å². The van der Waals surface area contributed by atoms with E-state index in [2.05, 4.69) is 10.6 Å². The Labute approximate surface area is 166 Å². The minimum atomic E-state index is -0.339. The molecule has 1 amide bonds. The Morgan fingerprint density at radius 3 is 2.62 bits per heavy atom. The molecule has 26 heavy (non-hydrogen) atoms. The highest BCUT2D eigenvalue weighted by atomic mass is 35.5. The van der Waals surface area contributed by atoms with E-state index < -0.39 is 0 Å². The summed E-state index contributed by atoms with van der Waals surface area (Å²) < 4.78 is 0. The first kappa shape index (κ1) is 18.4. The summed E-state index contributed by atoms with van der Waals surface area (Å²) in [6, 6.07) is 18.9. The van der Waals surface area contributed by atoms with Crippen LogP contribution in [0.5, 0.6) is 0 Å². The quantitative estimate of drug-likeness (QED) is 0.439. The summed E-state index contributed by atoms with van der Waals surface area (Å²) >= 11 is 17.1. The van der Waals surface area contributed by atoms with Crippen molar-refractivity contribution >= 4 is 69.0 Å².